The van der Waals surface area contributed by atoms with E-state index >= 15 is 0 Å². The zero-order valence-corrected chi connectivity index (χ0v) is 15.1. The first kappa shape index (κ1) is 15.3. The molecule has 0 aromatic carbocycles. The summed E-state index contributed by atoms with van der Waals surface area (Å²) in [6.07, 6.45) is 3.87. The summed E-state index contributed by atoms with van der Waals surface area (Å²) in [5.74, 6) is 2.46. The van der Waals surface area contributed by atoms with Crippen LogP contribution in [0.3, 0.4) is 0 Å². The molecular formula is C14H18BrN7S. The van der Waals surface area contributed by atoms with Crippen LogP contribution >= 0.6 is 27.7 Å². The van der Waals surface area contributed by atoms with Crippen molar-refractivity contribution in [1.82, 2.24) is 30.8 Å². The van der Waals surface area contributed by atoms with Gasteiger partial charge in [-0.15, -0.1) is 11.8 Å². The Kier molecular flexibility index (Phi) is 3.96. The van der Waals surface area contributed by atoms with Crippen molar-refractivity contribution in [2.24, 2.45) is 7.05 Å². The largest absolute Gasteiger partial charge is 0.342 e. The van der Waals surface area contributed by atoms with Gasteiger partial charge in [-0.3, -0.25) is 10.1 Å². The van der Waals surface area contributed by atoms with Crippen molar-refractivity contribution in [2.75, 3.05) is 25.4 Å². The first-order valence-electron chi connectivity index (χ1n) is 7.49. The summed E-state index contributed by atoms with van der Waals surface area (Å²) < 4.78 is 2.62. The van der Waals surface area contributed by atoms with Crippen LogP contribution < -0.4 is 16.1 Å². The highest BCUT2D eigenvalue weighted by atomic mass is 79.9. The van der Waals surface area contributed by atoms with Gasteiger partial charge in [-0.25, -0.2) is 10.4 Å². The van der Waals surface area contributed by atoms with Crippen molar-refractivity contribution in [1.29, 1.82) is 5.41 Å². The molecule has 9 heteroatoms. The van der Waals surface area contributed by atoms with Crippen LogP contribution in [-0.4, -0.2) is 51.3 Å². The lowest BCUT2D eigenvalue weighted by Crippen LogP contribution is -2.48. The molecule has 7 nitrogen and oxygen atoms in total. The van der Waals surface area contributed by atoms with Crippen LogP contribution in [0.5, 0.6) is 0 Å². The zero-order valence-electron chi connectivity index (χ0n) is 12.7. The van der Waals surface area contributed by atoms with Gasteiger partial charge in [0.2, 0.25) is 0 Å². The second-order valence-corrected chi connectivity index (χ2v) is 7.77. The molecule has 1 aromatic rings. The molecule has 1 unspecified atom stereocenters. The number of nitrogens with one attached hydrogen (secondary N) is 4. The maximum absolute atomic E-state index is 8.46. The average molecular weight is 396 g/mol. The molecule has 0 bridgehead atoms. The number of fused-ring (bicyclic) bond motifs is 1. The third-order valence-corrected chi connectivity index (χ3v) is 6.19. The molecule has 122 valence electrons. The molecule has 4 heterocycles. The fourth-order valence-corrected chi connectivity index (χ4v) is 4.80. The summed E-state index contributed by atoms with van der Waals surface area (Å²) in [5, 5.41) is 21.8. The van der Waals surface area contributed by atoms with Crippen molar-refractivity contribution in [2.45, 2.75) is 5.25 Å². The van der Waals surface area contributed by atoms with Crippen LogP contribution in [0.4, 0.5) is 0 Å². The maximum Gasteiger partial charge on any atom is 0.157 e. The Hall–Kier alpha value is -1.29. The standard InChI is InChI=1S/C14H18BrN7S/c1-21-7-8(4-18-21)9-5-19-22-13(16)11(15)12(20-14(9)22)10-6-17-2-3-23-10/h4,7,10,16-17,19-20H,2-3,5-6H2,1H3. The Morgan fingerprint density at radius 3 is 3.04 bits per heavy atom. The topological polar surface area (TPSA) is 81.0 Å². The molecule has 23 heavy (non-hydrogen) atoms. The van der Waals surface area contributed by atoms with Crippen molar-refractivity contribution < 1.29 is 0 Å². The SMILES string of the molecule is Cn1cc(C2=C3NC(C4CNCCS4)=C(Br)C(=N)N3NC2)cn1. The van der Waals surface area contributed by atoms with E-state index in [4.69, 9.17) is 5.41 Å². The molecule has 0 radical (unpaired) electrons. The first-order chi connectivity index (χ1) is 11.1. The van der Waals surface area contributed by atoms with Crippen molar-refractivity contribution in [3.05, 3.63) is 34.0 Å². The molecule has 0 aliphatic carbocycles. The van der Waals surface area contributed by atoms with Gasteiger partial charge in [-0.2, -0.15) is 5.10 Å². The van der Waals surface area contributed by atoms with E-state index in [-0.39, 0.29) is 0 Å². The maximum atomic E-state index is 8.46. The molecular weight excluding hydrogens is 378 g/mol. The lowest BCUT2D eigenvalue weighted by molar-refractivity contribution is 0.400. The number of amidine groups is 1. The number of rotatable bonds is 2. The minimum absolute atomic E-state index is 0.323. The number of nitrogens with zero attached hydrogens (tertiary/aromatic N) is 3. The first-order valence-corrected chi connectivity index (χ1v) is 9.33. The molecule has 3 aliphatic heterocycles. The minimum Gasteiger partial charge on any atom is -0.342 e. The van der Waals surface area contributed by atoms with E-state index in [0.717, 1.165) is 46.0 Å². The number of aromatic nitrogens is 2. The molecule has 4 rings (SSSR count). The van der Waals surface area contributed by atoms with Gasteiger partial charge in [0.15, 0.2) is 5.84 Å². The predicted octanol–water partition coefficient (Wildman–Crippen LogP) is 0.801. The second-order valence-electron chi connectivity index (χ2n) is 5.66. The number of halogens is 1. The molecule has 1 fully saturated rings. The van der Waals surface area contributed by atoms with E-state index in [2.05, 4.69) is 37.1 Å². The fourth-order valence-electron chi connectivity index (χ4n) is 2.97. The average Bonchev–Trinajstić information content (AvgIpc) is 3.17. The summed E-state index contributed by atoms with van der Waals surface area (Å²) in [4.78, 5) is 0. The van der Waals surface area contributed by atoms with Crippen molar-refractivity contribution >= 4 is 39.1 Å². The highest BCUT2D eigenvalue weighted by molar-refractivity contribution is 9.12. The molecule has 1 aromatic heterocycles. The number of hydrogen-bond acceptors (Lipinski definition) is 6. The van der Waals surface area contributed by atoms with E-state index in [1.165, 1.54) is 0 Å². The van der Waals surface area contributed by atoms with Crippen LogP contribution in [0.2, 0.25) is 0 Å². The van der Waals surface area contributed by atoms with Gasteiger partial charge in [-0.1, -0.05) is 0 Å². The van der Waals surface area contributed by atoms with Gasteiger partial charge in [0, 0.05) is 55.5 Å². The monoisotopic (exact) mass is 395 g/mol. The third-order valence-electron chi connectivity index (χ3n) is 4.15. The van der Waals surface area contributed by atoms with Crippen LogP contribution in [0.15, 0.2) is 28.4 Å². The highest BCUT2D eigenvalue weighted by Gasteiger charge is 2.36. The summed E-state index contributed by atoms with van der Waals surface area (Å²) in [6, 6.07) is 0. The summed E-state index contributed by atoms with van der Waals surface area (Å²) in [7, 11) is 1.91. The quantitative estimate of drug-likeness (QED) is 0.592. The highest BCUT2D eigenvalue weighted by Crippen LogP contribution is 2.34. The Morgan fingerprint density at radius 1 is 1.48 bits per heavy atom. The smallest absolute Gasteiger partial charge is 0.157 e. The fraction of sp³-hybridized carbons (Fsp3) is 0.429. The van der Waals surface area contributed by atoms with Gasteiger partial charge in [0.25, 0.3) is 0 Å². The van der Waals surface area contributed by atoms with Gasteiger partial charge in [0.05, 0.1) is 15.9 Å². The Morgan fingerprint density at radius 2 is 2.35 bits per heavy atom. The van der Waals surface area contributed by atoms with E-state index in [1.807, 2.05) is 31.2 Å². The van der Waals surface area contributed by atoms with E-state index in [9.17, 15) is 0 Å². The van der Waals surface area contributed by atoms with E-state index in [0.29, 0.717) is 17.6 Å². The van der Waals surface area contributed by atoms with Crippen LogP contribution in [0.25, 0.3) is 5.57 Å². The van der Waals surface area contributed by atoms with Gasteiger partial charge in [-0.05, 0) is 15.9 Å². The summed E-state index contributed by atoms with van der Waals surface area (Å²) >= 11 is 5.53. The molecule has 1 saturated heterocycles. The third kappa shape index (κ3) is 2.61. The van der Waals surface area contributed by atoms with Crippen LogP contribution in [0, 0.1) is 5.41 Å². The van der Waals surface area contributed by atoms with E-state index < -0.39 is 0 Å². The van der Waals surface area contributed by atoms with Crippen molar-refractivity contribution in [3.63, 3.8) is 0 Å². The summed E-state index contributed by atoms with van der Waals surface area (Å²) in [6.45, 7) is 2.64. The number of aryl methyl sites for hydroxylation is 1. The normalized spacial score (nSPS) is 25.0. The second kappa shape index (κ2) is 5.97. The Balaban J connectivity index is 1.72. The zero-order chi connectivity index (χ0) is 16.0. The van der Waals surface area contributed by atoms with Crippen LogP contribution in [0.1, 0.15) is 5.56 Å². The molecule has 0 spiro atoms. The van der Waals surface area contributed by atoms with E-state index in [1.54, 1.807) is 9.69 Å². The lowest BCUT2D eigenvalue weighted by atomic mass is 10.1. The molecule has 0 saturated carbocycles. The predicted molar refractivity (Wildman–Crippen MR) is 95.9 cm³/mol. The molecule has 0 amide bonds. The van der Waals surface area contributed by atoms with Gasteiger partial charge in [0.1, 0.15) is 5.82 Å². The van der Waals surface area contributed by atoms with Gasteiger partial charge < -0.3 is 10.6 Å². The number of hydrogen-bond donors (Lipinski definition) is 4. The van der Waals surface area contributed by atoms with Crippen LogP contribution in [-0.2, 0) is 7.05 Å². The lowest BCUT2D eigenvalue weighted by Gasteiger charge is -2.35. The molecule has 3 aliphatic rings. The summed E-state index contributed by atoms with van der Waals surface area (Å²) in [5.41, 5.74) is 6.55. The number of thioether (sulfide) groups is 1. The minimum atomic E-state index is 0.323. The molecule has 1 atom stereocenters. The van der Waals surface area contributed by atoms with Gasteiger partial charge >= 0.3 is 0 Å². The molecule has 4 N–H and O–H groups in total. The Bertz CT molecular complexity index is 716. The Labute approximate surface area is 147 Å². The number of hydrazine groups is 1. The van der Waals surface area contributed by atoms with Crippen molar-refractivity contribution in [3.8, 4) is 0 Å².